The summed E-state index contributed by atoms with van der Waals surface area (Å²) in [6.07, 6.45) is 2.46. The van der Waals surface area contributed by atoms with E-state index in [-0.39, 0.29) is 10.6 Å². The average Bonchev–Trinajstić information content (AvgIpc) is 2.48. The first-order valence-corrected chi connectivity index (χ1v) is 7.30. The largest absolute Gasteiger partial charge is 0.496 e. The molecule has 0 aromatic heterocycles. The van der Waals surface area contributed by atoms with E-state index in [1.807, 2.05) is 7.05 Å². The van der Waals surface area contributed by atoms with Crippen molar-refractivity contribution >= 4 is 5.69 Å². The third-order valence-corrected chi connectivity index (χ3v) is 3.88. The molecule has 6 heteroatoms. The minimum atomic E-state index is -0.367. The molecule has 1 aliphatic rings. The van der Waals surface area contributed by atoms with E-state index in [0.717, 1.165) is 25.2 Å². The topological polar surface area (TPSA) is 67.6 Å². The van der Waals surface area contributed by atoms with Gasteiger partial charge in [-0.2, -0.15) is 0 Å². The van der Waals surface area contributed by atoms with E-state index in [1.54, 1.807) is 19.2 Å². The smallest absolute Gasteiger partial charge is 0.270 e. The number of methoxy groups -OCH3 is 1. The SMILES string of the molecule is COc1ccc([N+](=O)[O-])cc1CN(C)CC1CCCNC1. The molecule has 1 heterocycles. The number of benzene rings is 1. The number of hydrogen-bond donors (Lipinski definition) is 1. The van der Waals surface area contributed by atoms with Crippen LogP contribution in [0.4, 0.5) is 5.69 Å². The lowest BCUT2D eigenvalue weighted by Gasteiger charge is -2.27. The van der Waals surface area contributed by atoms with Crippen LogP contribution in [0, 0.1) is 16.0 Å². The van der Waals surface area contributed by atoms with Gasteiger partial charge in [0, 0.05) is 30.8 Å². The van der Waals surface area contributed by atoms with Crippen LogP contribution in [0.25, 0.3) is 0 Å². The molecule has 0 aliphatic carbocycles. The first-order chi connectivity index (χ1) is 10.1. The summed E-state index contributed by atoms with van der Waals surface area (Å²) in [6, 6.07) is 4.76. The molecule has 0 bridgehead atoms. The summed E-state index contributed by atoms with van der Waals surface area (Å²) in [7, 11) is 3.64. The Morgan fingerprint density at radius 1 is 1.52 bits per heavy atom. The number of ether oxygens (including phenoxy) is 1. The molecule has 6 nitrogen and oxygen atoms in total. The molecule has 2 rings (SSSR count). The van der Waals surface area contributed by atoms with Crippen molar-refractivity contribution in [3.63, 3.8) is 0 Å². The normalized spacial score (nSPS) is 18.7. The zero-order valence-electron chi connectivity index (χ0n) is 12.7. The molecule has 0 saturated carbocycles. The molecule has 0 radical (unpaired) electrons. The van der Waals surface area contributed by atoms with Gasteiger partial charge in [0.25, 0.3) is 5.69 Å². The molecular formula is C15H23N3O3. The van der Waals surface area contributed by atoms with Gasteiger partial charge < -0.3 is 15.0 Å². The molecule has 1 N–H and O–H groups in total. The second kappa shape index (κ2) is 7.38. The van der Waals surface area contributed by atoms with E-state index in [0.29, 0.717) is 18.2 Å². The first kappa shape index (κ1) is 15.7. The number of non-ortho nitro benzene ring substituents is 1. The van der Waals surface area contributed by atoms with Crippen molar-refractivity contribution in [2.24, 2.45) is 5.92 Å². The number of hydrogen-bond acceptors (Lipinski definition) is 5. The van der Waals surface area contributed by atoms with Crippen LogP contribution in [0.15, 0.2) is 18.2 Å². The lowest BCUT2D eigenvalue weighted by molar-refractivity contribution is -0.384. The quantitative estimate of drug-likeness (QED) is 0.642. The highest BCUT2D eigenvalue weighted by molar-refractivity contribution is 5.43. The van der Waals surface area contributed by atoms with E-state index in [9.17, 15) is 10.1 Å². The molecular weight excluding hydrogens is 270 g/mol. The molecule has 0 spiro atoms. The van der Waals surface area contributed by atoms with Gasteiger partial charge in [0.05, 0.1) is 12.0 Å². The van der Waals surface area contributed by atoms with E-state index in [2.05, 4.69) is 10.2 Å². The summed E-state index contributed by atoms with van der Waals surface area (Å²) in [5.74, 6) is 1.35. The van der Waals surface area contributed by atoms with Crippen LogP contribution in [0.2, 0.25) is 0 Å². The Balaban J connectivity index is 2.02. The van der Waals surface area contributed by atoms with Crippen molar-refractivity contribution in [1.29, 1.82) is 0 Å². The van der Waals surface area contributed by atoms with E-state index >= 15 is 0 Å². The summed E-state index contributed by atoms with van der Waals surface area (Å²) < 4.78 is 5.31. The van der Waals surface area contributed by atoms with Gasteiger partial charge in [-0.05, 0) is 45.0 Å². The maximum atomic E-state index is 10.9. The predicted molar refractivity (Wildman–Crippen MR) is 81.6 cm³/mol. The first-order valence-electron chi connectivity index (χ1n) is 7.30. The molecule has 1 aromatic carbocycles. The molecule has 1 aliphatic heterocycles. The minimum absolute atomic E-state index is 0.110. The summed E-state index contributed by atoms with van der Waals surface area (Å²) in [5, 5.41) is 14.3. The lowest BCUT2D eigenvalue weighted by Crippen LogP contribution is -2.36. The van der Waals surface area contributed by atoms with Crippen molar-refractivity contribution in [1.82, 2.24) is 10.2 Å². The van der Waals surface area contributed by atoms with Gasteiger partial charge in [-0.25, -0.2) is 0 Å². The number of piperidine rings is 1. The highest BCUT2D eigenvalue weighted by Crippen LogP contribution is 2.25. The lowest BCUT2D eigenvalue weighted by atomic mass is 9.99. The Kier molecular flexibility index (Phi) is 5.52. The van der Waals surface area contributed by atoms with E-state index in [4.69, 9.17) is 4.74 Å². The van der Waals surface area contributed by atoms with Gasteiger partial charge in [-0.3, -0.25) is 10.1 Å². The molecule has 1 saturated heterocycles. The fraction of sp³-hybridized carbons (Fsp3) is 0.600. The second-order valence-corrected chi connectivity index (χ2v) is 5.66. The zero-order chi connectivity index (χ0) is 15.2. The van der Waals surface area contributed by atoms with Crippen LogP contribution in [-0.2, 0) is 6.54 Å². The van der Waals surface area contributed by atoms with Crippen LogP contribution < -0.4 is 10.1 Å². The van der Waals surface area contributed by atoms with Crippen molar-refractivity contribution in [2.75, 3.05) is 33.8 Å². The molecule has 116 valence electrons. The number of nitro benzene ring substituents is 1. The van der Waals surface area contributed by atoms with Gasteiger partial charge in [0.1, 0.15) is 5.75 Å². The number of rotatable bonds is 6. The highest BCUT2D eigenvalue weighted by atomic mass is 16.6. The zero-order valence-corrected chi connectivity index (χ0v) is 12.7. The Morgan fingerprint density at radius 3 is 2.95 bits per heavy atom. The molecule has 1 atom stereocenters. The standard InChI is InChI=1S/C15H23N3O3/c1-17(10-12-4-3-7-16-9-12)11-13-8-14(18(19)20)5-6-15(13)21-2/h5-6,8,12,16H,3-4,7,9-11H2,1-2H3. The van der Waals surface area contributed by atoms with Crippen molar-refractivity contribution in [3.8, 4) is 5.75 Å². The molecule has 0 amide bonds. The van der Waals surface area contributed by atoms with Gasteiger partial charge in [0.2, 0.25) is 0 Å². The van der Waals surface area contributed by atoms with Crippen molar-refractivity contribution < 1.29 is 9.66 Å². The van der Waals surface area contributed by atoms with Gasteiger partial charge >= 0.3 is 0 Å². The Hall–Kier alpha value is -1.66. The van der Waals surface area contributed by atoms with Crippen LogP contribution >= 0.6 is 0 Å². The highest BCUT2D eigenvalue weighted by Gasteiger charge is 2.17. The van der Waals surface area contributed by atoms with Crippen LogP contribution in [-0.4, -0.2) is 43.6 Å². The maximum absolute atomic E-state index is 10.9. The van der Waals surface area contributed by atoms with Crippen molar-refractivity contribution in [3.05, 3.63) is 33.9 Å². The third kappa shape index (κ3) is 4.41. The van der Waals surface area contributed by atoms with Crippen LogP contribution in [0.1, 0.15) is 18.4 Å². The second-order valence-electron chi connectivity index (χ2n) is 5.66. The molecule has 1 fully saturated rings. The van der Waals surface area contributed by atoms with Gasteiger partial charge in [-0.1, -0.05) is 0 Å². The molecule has 1 unspecified atom stereocenters. The average molecular weight is 293 g/mol. The Labute approximate surface area is 125 Å². The van der Waals surface area contributed by atoms with Crippen LogP contribution in [0.5, 0.6) is 5.75 Å². The van der Waals surface area contributed by atoms with Crippen molar-refractivity contribution in [2.45, 2.75) is 19.4 Å². The predicted octanol–water partition coefficient (Wildman–Crippen LogP) is 2.03. The van der Waals surface area contributed by atoms with E-state index in [1.165, 1.54) is 18.9 Å². The summed E-state index contributed by atoms with van der Waals surface area (Å²) in [6.45, 7) is 3.80. The van der Waals surface area contributed by atoms with Crippen LogP contribution in [0.3, 0.4) is 0 Å². The number of nitrogens with zero attached hydrogens (tertiary/aromatic N) is 2. The minimum Gasteiger partial charge on any atom is -0.496 e. The fourth-order valence-corrected chi connectivity index (χ4v) is 2.88. The monoisotopic (exact) mass is 293 g/mol. The number of nitrogens with one attached hydrogen (secondary N) is 1. The maximum Gasteiger partial charge on any atom is 0.270 e. The molecule has 21 heavy (non-hydrogen) atoms. The van der Waals surface area contributed by atoms with Gasteiger partial charge in [0.15, 0.2) is 0 Å². The Bertz CT molecular complexity index is 487. The number of nitro groups is 1. The third-order valence-electron chi connectivity index (χ3n) is 3.88. The summed E-state index contributed by atoms with van der Waals surface area (Å²) in [5.41, 5.74) is 0.969. The summed E-state index contributed by atoms with van der Waals surface area (Å²) >= 11 is 0. The molecule has 1 aromatic rings. The fourth-order valence-electron chi connectivity index (χ4n) is 2.88. The van der Waals surface area contributed by atoms with E-state index < -0.39 is 0 Å². The Morgan fingerprint density at radius 2 is 2.33 bits per heavy atom. The van der Waals surface area contributed by atoms with Gasteiger partial charge in [-0.15, -0.1) is 0 Å². The summed E-state index contributed by atoms with van der Waals surface area (Å²) in [4.78, 5) is 12.7.